The van der Waals surface area contributed by atoms with Gasteiger partial charge in [0.2, 0.25) is 5.89 Å². The van der Waals surface area contributed by atoms with Crippen LogP contribution >= 0.6 is 11.8 Å². The van der Waals surface area contributed by atoms with Gasteiger partial charge in [0, 0.05) is 6.04 Å². The van der Waals surface area contributed by atoms with Crippen molar-refractivity contribution in [2.45, 2.75) is 63.3 Å². The number of rotatable bonds is 5. The van der Waals surface area contributed by atoms with Crippen molar-refractivity contribution in [1.29, 1.82) is 0 Å². The van der Waals surface area contributed by atoms with Crippen molar-refractivity contribution >= 4 is 11.8 Å². The molecule has 3 atom stereocenters. The van der Waals surface area contributed by atoms with Gasteiger partial charge < -0.3 is 9.84 Å². The van der Waals surface area contributed by atoms with E-state index in [1.165, 1.54) is 38.5 Å². The summed E-state index contributed by atoms with van der Waals surface area (Å²) in [5.41, 5.74) is 0. The van der Waals surface area contributed by atoms with Crippen LogP contribution in [0.3, 0.4) is 0 Å². The number of aromatic nitrogens is 2. The molecular weight excluding hydrogens is 258 g/mol. The molecule has 1 aliphatic heterocycles. The van der Waals surface area contributed by atoms with Crippen molar-refractivity contribution in [2.24, 2.45) is 5.92 Å². The van der Waals surface area contributed by atoms with Gasteiger partial charge in [0.25, 0.3) is 0 Å². The van der Waals surface area contributed by atoms with Crippen molar-refractivity contribution in [1.82, 2.24) is 15.5 Å². The second-order valence-electron chi connectivity index (χ2n) is 5.71. The molecule has 19 heavy (non-hydrogen) atoms. The Morgan fingerprint density at radius 1 is 1.37 bits per heavy atom. The predicted octanol–water partition coefficient (Wildman–Crippen LogP) is 3.31. The molecule has 0 bridgehead atoms. The van der Waals surface area contributed by atoms with E-state index in [9.17, 15) is 0 Å². The van der Waals surface area contributed by atoms with Gasteiger partial charge in [0.1, 0.15) is 0 Å². The molecule has 5 heteroatoms. The maximum absolute atomic E-state index is 5.45. The van der Waals surface area contributed by atoms with Crippen LogP contribution in [0.15, 0.2) is 4.52 Å². The summed E-state index contributed by atoms with van der Waals surface area (Å²) >= 11 is 1.88. The fraction of sp³-hybridized carbons (Fsp3) is 0.857. The molecular formula is C14H23N3OS. The highest BCUT2D eigenvalue weighted by atomic mass is 32.2. The van der Waals surface area contributed by atoms with E-state index in [1.54, 1.807) is 0 Å². The number of hydrogen-bond acceptors (Lipinski definition) is 5. The molecule has 0 spiro atoms. The Morgan fingerprint density at radius 3 is 3.11 bits per heavy atom. The Bertz CT molecular complexity index is 395. The lowest BCUT2D eigenvalue weighted by Crippen LogP contribution is -2.30. The lowest BCUT2D eigenvalue weighted by Gasteiger charge is -2.24. The SMILES string of the molecule is CCCSCc1noc(C2CC3CCCCC3N2)n1. The number of thioether (sulfide) groups is 1. The van der Waals surface area contributed by atoms with Gasteiger partial charge in [-0.15, -0.1) is 0 Å². The van der Waals surface area contributed by atoms with Crippen LogP contribution in [0.5, 0.6) is 0 Å². The average Bonchev–Trinajstić information content (AvgIpc) is 3.04. The molecule has 1 N–H and O–H groups in total. The van der Waals surface area contributed by atoms with Crippen molar-refractivity contribution in [3.8, 4) is 0 Å². The lowest BCUT2D eigenvalue weighted by molar-refractivity contribution is 0.324. The van der Waals surface area contributed by atoms with Crippen LogP contribution in [0.2, 0.25) is 0 Å². The van der Waals surface area contributed by atoms with Crippen molar-refractivity contribution in [3.63, 3.8) is 0 Å². The zero-order valence-electron chi connectivity index (χ0n) is 11.6. The largest absolute Gasteiger partial charge is 0.338 e. The van der Waals surface area contributed by atoms with Gasteiger partial charge in [0.05, 0.1) is 11.8 Å². The topological polar surface area (TPSA) is 51.0 Å². The molecule has 2 aliphatic rings. The van der Waals surface area contributed by atoms with E-state index in [-0.39, 0.29) is 0 Å². The quantitative estimate of drug-likeness (QED) is 0.839. The molecule has 1 aliphatic carbocycles. The summed E-state index contributed by atoms with van der Waals surface area (Å²) in [6.07, 6.45) is 7.80. The summed E-state index contributed by atoms with van der Waals surface area (Å²) in [6, 6.07) is 0.981. The normalized spacial score (nSPS) is 30.5. The molecule has 0 radical (unpaired) electrons. The summed E-state index contributed by atoms with van der Waals surface area (Å²) in [7, 11) is 0. The monoisotopic (exact) mass is 281 g/mol. The number of hydrogen-bond donors (Lipinski definition) is 1. The molecule has 1 saturated carbocycles. The Kier molecular flexibility index (Phi) is 4.43. The van der Waals surface area contributed by atoms with E-state index in [2.05, 4.69) is 22.4 Å². The standard InChI is InChI=1S/C14H23N3OS/c1-2-7-19-9-13-16-14(18-17-13)12-8-10-5-3-4-6-11(10)15-12/h10-12,15H,2-9H2,1H3. The van der Waals surface area contributed by atoms with E-state index >= 15 is 0 Å². The van der Waals surface area contributed by atoms with Crippen molar-refractivity contribution < 1.29 is 4.52 Å². The molecule has 0 amide bonds. The molecule has 0 aromatic carbocycles. The minimum Gasteiger partial charge on any atom is -0.338 e. The highest BCUT2D eigenvalue weighted by molar-refractivity contribution is 7.98. The Hall–Kier alpha value is -0.550. The molecule has 1 saturated heterocycles. The molecule has 2 fully saturated rings. The van der Waals surface area contributed by atoms with E-state index in [0.29, 0.717) is 12.1 Å². The summed E-state index contributed by atoms with van der Waals surface area (Å²) < 4.78 is 5.45. The number of nitrogens with zero attached hydrogens (tertiary/aromatic N) is 2. The third-order valence-electron chi connectivity index (χ3n) is 4.22. The molecule has 4 nitrogen and oxygen atoms in total. The van der Waals surface area contributed by atoms with Gasteiger partial charge in [-0.1, -0.05) is 24.9 Å². The van der Waals surface area contributed by atoms with Gasteiger partial charge >= 0.3 is 0 Å². The first-order valence-electron chi connectivity index (χ1n) is 7.53. The Labute approximate surface area is 119 Å². The fourth-order valence-electron chi connectivity index (χ4n) is 3.29. The molecule has 2 heterocycles. The summed E-state index contributed by atoms with van der Waals surface area (Å²) in [5.74, 6) is 4.52. The third kappa shape index (κ3) is 3.14. The molecule has 106 valence electrons. The predicted molar refractivity (Wildman–Crippen MR) is 77.0 cm³/mol. The molecule has 1 aromatic heterocycles. The second kappa shape index (κ2) is 6.27. The summed E-state index contributed by atoms with van der Waals surface area (Å²) in [6.45, 7) is 2.19. The Balaban J connectivity index is 1.57. The van der Waals surface area contributed by atoms with Crippen molar-refractivity contribution in [2.75, 3.05) is 5.75 Å². The van der Waals surface area contributed by atoms with Crippen LogP contribution in [0.4, 0.5) is 0 Å². The first kappa shape index (κ1) is 13.4. The van der Waals surface area contributed by atoms with E-state index in [4.69, 9.17) is 4.52 Å². The molecule has 3 unspecified atom stereocenters. The van der Waals surface area contributed by atoms with Crippen LogP contribution in [-0.2, 0) is 5.75 Å². The van der Waals surface area contributed by atoms with Gasteiger partial charge in [-0.05, 0) is 37.4 Å². The summed E-state index contributed by atoms with van der Waals surface area (Å²) in [5, 5.41) is 7.79. The van der Waals surface area contributed by atoms with Crippen LogP contribution in [0, 0.1) is 5.92 Å². The first-order valence-corrected chi connectivity index (χ1v) is 8.68. The zero-order chi connectivity index (χ0) is 13.1. The van der Waals surface area contributed by atoms with E-state index in [0.717, 1.165) is 29.1 Å². The smallest absolute Gasteiger partial charge is 0.243 e. The summed E-state index contributed by atoms with van der Waals surface area (Å²) in [4.78, 5) is 4.56. The van der Waals surface area contributed by atoms with Crippen LogP contribution in [0.1, 0.15) is 63.2 Å². The van der Waals surface area contributed by atoms with Gasteiger partial charge in [-0.2, -0.15) is 16.7 Å². The fourth-order valence-corrected chi connectivity index (χ4v) is 4.02. The zero-order valence-corrected chi connectivity index (χ0v) is 12.4. The maximum Gasteiger partial charge on any atom is 0.243 e. The van der Waals surface area contributed by atoms with Gasteiger partial charge in [0.15, 0.2) is 5.82 Å². The highest BCUT2D eigenvalue weighted by Gasteiger charge is 2.38. The molecule has 1 aromatic rings. The van der Waals surface area contributed by atoms with Crippen LogP contribution < -0.4 is 5.32 Å². The Morgan fingerprint density at radius 2 is 2.26 bits per heavy atom. The molecule has 3 rings (SSSR count). The lowest BCUT2D eigenvalue weighted by atomic mass is 9.85. The van der Waals surface area contributed by atoms with Crippen LogP contribution in [-0.4, -0.2) is 21.9 Å². The average molecular weight is 281 g/mol. The number of nitrogens with one attached hydrogen (secondary N) is 1. The van der Waals surface area contributed by atoms with E-state index < -0.39 is 0 Å². The number of fused-ring (bicyclic) bond motifs is 1. The highest BCUT2D eigenvalue weighted by Crippen LogP contribution is 2.38. The van der Waals surface area contributed by atoms with Gasteiger partial charge in [-0.25, -0.2) is 0 Å². The van der Waals surface area contributed by atoms with Crippen LogP contribution in [0.25, 0.3) is 0 Å². The minimum atomic E-state index is 0.297. The minimum absolute atomic E-state index is 0.297. The van der Waals surface area contributed by atoms with Crippen molar-refractivity contribution in [3.05, 3.63) is 11.7 Å². The maximum atomic E-state index is 5.45. The third-order valence-corrected chi connectivity index (χ3v) is 5.38. The van der Waals surface area contributed by atoms with E-state index in [1.807, 2.05) is 11.8 Å². The second-order valence-corrected chi connectivity index (χ2v) is 6.81. The first-order chi connectivity index (χ1) is 9.36. The van der Waals surface area contributed by atoms with Gasteiger partial charge in [-0.3, -0.25) is 0 Å².